The summed E-state index contributed by atoms with van der Waals surface area (Å²) in [5.41, 5.74) is 6.01. The molecule has 0 amide bonds. The third kappa shape index (κ3) is 3.49. The molecule has 2 N–H and O–H groups in total. The Labute approximate surface area is 134 Å². The fourth-order valence-electron chi connectivity index (χ4n) is 5.48. The zero-order valence-electron chi connectivity index (χ0n) is 14.0. The monoisotopic (exact) mass is 313 g/mol. The molecule has 0 radical (unpaired) electrons. The zero-order valence-corrected chi connectivity index (χ0v) is 14.0. The van der Waals surface area contributed by atoms with Crippen molar-refractivity contribution < 1.29 is 8.78 Å². The molecule has 128 valence electrons. The molecule has 3 saturated carbocycles. The van der Waals surface area contributed by atoms with Crippen molar-refractivity contribution in [1.82, 2.24) is 0 Å². The van der Waals surface area contributed by atoms with Gasteiger partial charge in [0.05, 0.1) is 0 Å². The van der Waals surface area contributed by atoms with E-state index in [1.807, 2.05) is 6.92 Å². The Morgan fingerprint density at radius 2 is 1.14 bits per heavy atom. The van der Waals surface area contributed by atoms with Crippen LogP contribution in [0.15, 0.2) is 0 Å². The molecule has 3 aliphatic carbocycles. The van der Waals surface area contributed by atoms with Crippen molar-refractivity contribution >= 4 is 0 Å². The van der Waals surface area contributed by atoms with Crippen molar-refractivity contribution in [2.24, 2.45) is 35.3 Å². The minimum Gasteiger partial charge on any atom is -0.328 e. The summed E-state index contributed by atoms with van der Waals surface area (Å²) in [7, 11) is 0. The van der Waals surface area contributed by atoms with Crippen molar-refractivity contribution in [3.05, 3.63) is 0 Å². The van der Waals surface area contributed by atoms with Gasteiger partial charge in [0.25, 0.3) is 0 Å². The Morgan fingerprint density at radius 1 is 0.636 bits per heavy atom. The second-order valence-electron chi connectivity index (χ2n) is 8.46. The Hall–Kier alpha value is -0.180. The summed E-state index contributed by atoms with van der Waals surface area (Å²) in [6, 6.07) is 0.422. The topological polar surface area (TPSA) is 26.0 Å². The number of nitrogens with two attached hydrogens (primary N) is 1. The molecule has 0 aliphatic heterocycles. The maximum Gasteiger partial charge on any atom is 0.134 e. The molecule has 4 unspecified atom stereocenters. The third-order valence-corrected chi connectivity index (χ3v) is 7.12. The molecular formula is C19H33F2N. The standard InChI is InChI=1S/C19H33F2N/c1-12-2-11-17(19(21)18(12)20)15-5-3-13(4-6-15)14-7-9-16(22)10-8-14/h12-19H,2-11,22H2,1H3. The van der Waals surface area contributed by atoms with E-state index in [2.05, 4.69) is 0 Å². The van der Waals surface area contributed by atoms with E-state index in [4.69, 9.17) is 5.73 Å². The minimum atomic E-state index is -1.23. The summed E-state index contributed by atoms with van der Waals surface area (Å²) in [5.74, 6) is 2.01. The molecule has 0 aromatic rings. The maximum atomic E-state index is 14.4. The minimum absolute atomic E-state index is 0.00747. The molecule has 4 atom stereocenters. The van der Waals surface area contributed by atoms with E-state index in [0.717, 1.165) is 37.5 Å². The van der Waals surface area contributed by atoms with Crippen LogP contribution in [0, 0.1) is 29.6 Å². The quantitative estimate of drug-likeness (QED) is 0.760. The molecule has 3 heteroatoms. The van der Waals surface area contributed by atoms with Gasteiger partial charge < -0.3 is 5.73 Å². The van der Waals surface area contributed by atoms with E-state index in [1.54, 1.807) is 0 Å². The van der Waals surface area contributed by atoms with Gasteiger partial charge in [0, 0.05) is 6.04 Å². The van der Waals surface area contributed by atoms with Crippen molar-refractivity contribution in [3.63, 3.8) is 0 Å². The number of rotatable bonds is 2. The first-order valence-corrected chi connectivity index (χ1v) is 9.60. The van der Waals surface area contributed by atoms with E-state index in [1.165, 1.54) is 38.5 Å². The van der Waals surface area contributed by atoms with Crippen LogP contribution in [0.25, 0.3) is 0 Å². The van der Waals surface area contributed by atoms with E-state index in [-0.39, 0.29) is 11.8 Å². The zero-order chi connectivity index (χ0) is 15.7. The molecule has 0 spiro atoms. The molecule has 0 heterocycles. The summed E-state index contributed by atoms with van der Waals surface area (Å²) in [6.07, 6.45) is 8.99. The van der Waals surface area contributed by atoms with Crippen molar-refractivity contribution in [2.45, 2.75) is 89.5 Å². The van der Waals surface area contributed by atoms with Crippen LogP contribution >= 0.6 is 0 Å². The summed E-state index contributed by atoms with van der Waals surface area (Å²) in [4.78, 5) is 0. The molecule has 3 rings (SSSR count). The van der Waals surface area contributed by atoms with E-state index in [0.29, 0.717) is 12.0 Å². The predicted octanol–water partition coefficient (Wildman–Crippen LogP) is 5.03. The fourth-order valence-corrected chi connectivity index (χ4v) is 5.48. The Bertz CT molecular complexity index is 345. The second-order valence-corrected chi connectivity index (χ2v) is 8.46. The number of halogens is 2. The van der Waals surface area contributed by atoms with Gasteiger partial charge in [-0.3, -0.25) is 0 Å². The van der Waals surface area contributed by atoms with Crippen LogP contribution in [-0.4, -0.2) is 18.4 Å². The summed E-state index contributed by atoms with van der Waals surface area (Å²) in [6.45, 7) is 1.86. The van der Waals surface area contributed by atoms with Gasteiger partial charge in [-0.15, -0.1) is 0 Å². The highest BCUT2D eigenvalue weighted by molar-refractivity contribution is 4.92. The Morgan fingerprint density at radius 3 is 1.73 bits per heavy atom. The molecule has 0 saturated heterocycles. The van der Waals surface area contributed by atoms with Crippen molar-refractivity contribution in [2.75, 3.05) is 0 Å². The fraction of sp³-hybridized carbons (Fsp3) is 1.00. The number of hydrogen-bond donors (Lipinski definition) is 1. The molecular weight excluding hydrogens is 280 g/mol. The lowest BCUT2D eigenvalue weighted by Gasteiger charge is -2.42. The lowest BCUT2D eigenvalue weighted by molar-refractivity contribution is -0.00974. The van der Waals surface area contributed by atoms with Crippen LogP contribution in [0.5, 0.6) is 0 Å². The van der Waals surface area contributed by atoms with Crippen LogP contribution < -0.4 is 5.73 Å². The van der Waals surface area contributed by atoms with Gasteiger partial charge in [-0.1, -0.05) is 6.92 Å². The third-order valence-electron chi connectivity index (χ3n) is 7.12. The van der Waals surface area contributed by atoms with Crippen molar-refractivity contribution in [3.8, 4) is 0 Å². The SMILES string of the molecule is CC1CCC(C2CCC(C3CCC(N)CC3)CC2)C(F)C1F. The smallest absolute Gasteiger partial charge is 0.134 e. The lowest BCUT2D eigenvalue weighted by Crippen LogP contribution is -2.41. The van der Waals surface area contributed by atoms with E-state index in [9.17, 15) is 8.78 Å². The molecule has 22 heavy (non-hydrogen) atoms. The highest BCUT2D eigenvalue weighted by Gasteiger charge is 2.43. The van der Waals surface area contributed by atoms with E-state index >= 15 is 0 Å². The lowest BCUT2D eigenvalue weighted by atomic mass is 9.65. The summed E-state index contributed by atoms with van der Waals surface area (Å²) >= 11 is 0. The normalized spacial score (nSPS) is 50.7. The van der Waals surface area contributed by atoms with Crippen LogP contribution in [0.1, 0.15) is 71.1 Å². The van der Waals surface area contributed by atoms with Gasteiger partial charge >= 0.3 is 0 Å². The highest BCUT2D eigenvalue weighted by Crippen LogP contribution is 2.46. The first-order valence-electron chi connectivity index (χ1n) is 9.60. The first-order chi connectivity index (χ1) is 10.6. The van der Waals surface area contributed by atoms with Gasteiger partial charge in [0.15, 0.2) is 0 Å². The van der Waals surface area contributed by atoms with Crippen LogP contribution in [0.2, 0.25) is 0 Å². The van der Waals surface area contributed by atoms with Gasteiger partial charge in [-0.05, 0) is 93.8 Å². The highest BCUT2D eigenvalue weighted by atomic mass is 19.2. The van der Waals surface area contributed by atoms with Crippen molar-refractivity contribution in [1.29, 1.82) is 0 Å². The predicted molar refractivity (Wildman–Crippen MR) is 87.1 cm³/mol. The van der Waals surface area contributed by atoms with Crippen LogP contribution in [-0.2, 0) is 0 Å². The summed E-state index contributed by atoms with van der Waals surface area (Å²) < 4.78 is 28.4. The molecule has 1 nitrogen and oxygen atoms in total. The van der Waals surface area contributed by atoms with E-state index < -0.39 is 12.3 Å². The largest absolute Gasteiger partial charge is 0.328 e. The molecule has 0 aromatic carbocycles. The van der Waals surface area contributed by atoms with Crippen LogP contribution in [0.4, 0.5) is 8.78 Å². The molecule has 0 bridgehead atoms. The van der Waals surface area contributed by atoms with Gasteiger partial charge in [0.2, 0.25) is 0 Å². The average molecular weight is 313 g/mol. The van der Waals surface area contributed by atoms with Gasteiger partial charge in [-0.25, -0.2) is 8.78 Å². The molecule has 3 fully saturated rings. The van der Waals surface area contributed by atoms with Gasteiger partial charge in [-0.2, -0.15) is 0 Å². The summed E-state index contributed by atoms with van der Waals surface area (Å²) in [5, 5.41) is 0. The van der Waals surface area contributed by atoms with Gasteiger partial charge in [0.1, 0.15) is 12.3 Å². The molecule has 3 aliphatic rings. The van der Waals surface area contributed by atoms with Crippen LogP contribution in [0.3, 0.4) is 0 Å². The average Bonchev–Trinajstić information content (AvgIpc) is 2.54. The number of hydrogen-bond acceptors (Lipinski definition) is 1. The Kier molecular flexibility index (Phi) is 5.42. The Balaban J connectivity index is 1.49. The second kappa shape index (κ2) is 7.15. The number of alkyl halides is 2. The molecule has 0 aromatic heterocycles. The maximum absolute atomic E-state index is 14.4. The first kappa shape index (κ1) is 16.7.